The minimum Gasteiger partial charge on any atom is -0.337 e. The Labute approximate surface area is 209 Å². The number of hydrogen-bond acceptors (Lipinski definition) is 7. The largest absolute Gasteiger partial charge is 0.337 e. The van der Waals surface area contributed by atoms with Crippen LogP contribution < -0.4 is 0 Å². The van der Waals surface area contributed by atoms with E-state index in [-0.39, 0.29) is 11.9 Å². The molecule has 2 aromatic carbocycles. The van der Waals surface area contributed by atoms with Gasteiger partial charge in [0, 0.05) is 37.3 Å². The molecule has 0 aliphatic carbocycles. The molecule has 1 fully saturated rings. The van der Waals surface area contributed by atoms with Crippen LogP contribution in [0.2, 0.25) is 0 Å². The first-order valence-corrected chi connectivity index (χ1v) is 12.7. The molecule has 1 aliphatic heterocycles. The minimum atomic E-state index is -0.0153. The van der Waals surface area contributed by atoms with Gasteiger partial charge in [0.1, 0.15) is 9.88 Å². The summed E-state index contributed by atoms with van der Waals surface area (Å²) >= 11 is 1.49. The second kappa shape index (κ2) is 9.71. The normalized spacial score (nSPS) is 15.4. The smallest absolute Gasteiger partial charge is 0.265 e. The van der Waals surface area contributed by atoms with Crippen LogP contribution in [0.15, 0.2) is 53.1 Å². The molecule has 3 heterocycles. The summed E-state index contributed by atoms with van der Waals surface area (Å²) in [6.07, 6.45) is 0. The van der Waals surface area contributed by atoms with Crippen LogP contribution >= 0.6 is 11.3 Å². The van der Waals surface area contributed by atoms with Gasteiger partial charge in [0.2, 0.25) is 11.7 Å². The lowest BCUT2D eigenvalue weighted by molar-refractivity contribution is 0.0555. The lowest BCUT2D eigenvalue weighted by Gasteiger charge is -2.36. The zero-order chi connectivity index (χ0) is 24.5. The van der Waals surface area contributed by atoms with Crippen molar-refractivity contribution in [3.63, 3.8) is 0 Å². The van der Waals surface area contributed by atoms with E-state index in [1.54, 1.807) is 0 Å². The minimum absolute atomic E-state index is 0.0153. The van der Waals surface area contributed by atoms with Crippen molar-refractivity contribution >= 4 is 17.2 Å². The molecule has 5 rings (SSSR count). The maximum atomic E-state index is 13.3. The Kier molecular flexibility index (Phi) is 6.49. The summed E-state index contributed by atoms with van der Waals surface area (Å²) in [4.78, 5) is 27.6. The van der Waals surface area contributed by atoms with Crippen LogP contribution in [0.3, 0.4) is 0 Å². The van der Waals surface area contributed by atoms with E-state index in [1.165, 1.54) is 22.5 Å². The zero-order valence-electron chi connectivity index (χ0n) is 20.5. The van der Waals surface area contributed by atoms with Gasteiger partial charge in [-0.05, 0) is 33.3 Å². The van der Waals surface area contributed by atoms with Crippen molar-refractivity contribution in [1.29, 1.82) is 0 Å². The highest BCUT2D eigenvalue weighted by Crippen LogP contribution is 2.32. The summed E-state index contributed by atoms with van der Waals surface area (Å²) in [7, 11) is 0. The number of rotatable bonds is 5. The Bertz CT molecular complexity index is 1340. The van der Waals surface area contributed by atoms with E-state index in [0.29, 0.717) is 24.8 Å². The second-order valence-electron chi connectivity index (χ2n) is 9.08. The van der Waals surface area contributed by atoms with Gasteiger partial charge in [-0.25, -0.2) is 4.98 Å². The average molecular weight is 488 g/mol. The van der Waals surface area contributed by atoms with E-state index in [0.717, 1.165) is 39.8 Å². The molecule has 0 spiro atoms. The van der Waals surface area contributed by atoms with Crippen molar-refractivity contribution in [3.05, 3.63) is 76.1 Å². The van der Waals surface area contributed by atoms with Gasteiger partial charge in [-0.3, -0.25) is 9.69 Å². The highest BCUT2D eigenvalue weighted by Gasteiger charge is 2.30. The summed E-state index contributed by atoms with van der Waals surface area (Å²) in [6, 6.07) is 16.1. The first-order chi connectivity index (χ1) is 16.9. The molecule has 0 saturated carbocycles. The fourth-order valence-corrected chi connectivity index (χ4v) is 5.61. The van der Waals surface area contributed by atoms with Gasteiger partial charge in [-0.2, -0.15) is 4.98 Å². The van der Waals surface area contributed by atoms with Crippen LogP contribution in [-0.4, -0.2) is 57.0 Å². The molecule has 2 aromatic heterocycles. The van der Waals surface area contributed by atoms with Crippen molar-refractivity contribution in [1.82, 2.24) is 24.9 Å². The van der Waals surface area contributed by atoms with Crippen LogP contribution in [0.5, 0.6) is 0 Å². The molecule has 1 unspecified atom stereocenters. The van der Waals surface area contributed by atoms with Gasteiger partial charge in [0.25, 0.3) is 5.91 Å². The molecular weight excluding hydrogens is 458 g/mol. The number of carbonyl (C=O) groups is 1. The Morgan fingerprint density at radius 2 is 1.74 bits per heavy atom. The molecule has 1 atom stereocenters. The summed E-state index contributed by atoms with van der Waals surface area (Å²) in [5, 5.41) is 5.05. The lowest BCUT2D eigenvalue weighted by atomic mass is 10.1. The van der Waals surface area contributed by atoms with E-state index in [9.17, 15) is 4.79 Å². The third kappa shape index (κ3) is 4.76. The average Bonchev–Trinajstić information content (AvgIpc) is 3.51. The van der Waals surface area contributed by atoms with E-state index in [2.05, 4.69) is 54.0 Å². The fourth-order valence-electron chi connectivity index (χ4n) is 4.49. The van der Waals surface area contributed by atoms with Crippen LogP contribution in [0.4, 0.5) is 0 Å². The van der Waals surface area contributed by atoms with Crippen LogP contribution in [-0.2, 0) is 0 Å². The summed E-state index contributed by atoms with van der Waals surface area (Å²) < 4.78 is 5.57. The third-order valence-electron chi connectivity index (χ3n) is 6.58. The lowest BCUT2D eigenvalue weighted by Crippen LogP contribution is -2.49. The number of piperazine rings is 1. The Balaban J connectivity index is 1.24. The number of nitrogens with zero attached hydrogens (tertiary/aromatic N) is 5. The van der Waals surface area contributed by atoms with Gasteiger partial charge < -0.3 is 9.42 Å². The standard InChI is InChI=1S/C27H29N5O2S/c1-17-10-11-22(18(2)16-17)26-28-19(3)23(35-26)27(33)32-14-12-31(13-15-32)20(4)25-29-24(30-34-25)21-8-6-5-7-9-21/h5-11,16,20H,12-15H2,1-4H3. The molecule has 8 heteroatoms. The third-order valence-corrected chi connectivity index (χ3v) is 7.76. The Morgan fingerprint density at radius 3 is 2.46 bits per heavy atom. The van der Waals surface area contributed by atoms with E-state index in [1.807, 2.05) is 42.2 Å². The molecule has 35 heavy (non-hydrogen) atoms. The quantitative estimate of drug-likeness (QED) is 0.380. The maximum Gasteiger partial charge on any atom is 0.265 e. The summed E-state index contributed by atoms with van der Waals surface area (Å²) in [6.45, 7) is 11.0. The molecule has 1 amide bonds. The number of hydrogen-bond donors (Lipinski definition) is 0. The van der Waals surface area contributed by atoms with Crippen molar-refractivity contribution in [3.8, 4) is 22.0 Å². The van der Waals surface area contributed by atoms with E-state index >= 15 is 0 Å². The first-order valence-electron chi connectivity index (χ1n) is 11.9. The molecule has 0 N–H and O–H groups in total. The zero-order valence-corrected chi connectivity index (χ0v) is 21.3. The van der Waals surface area contributed by atoms with Crippen molar-refractivity contribution in [2.45, 2.75) is 33.7 Å². The number of aryl methyl sites for hydroxylation is 3. The van der Waals surface area contributed by atoms with Crippen molar-refractivity contribution < 1.29 is 9.32 Å². The molecule has 1 saturated heterocycles. The molecule has 4 aromatic rings. The monoisotopic (exact) mass is 487 g/mol. The predicted molar refractivity (Wildman–Crippen MR) is 137 cm³/mol. The second-order valence-corrected chi connectivity index (χ2v) is 10.1. The van der Waals surface area contributed by atoms with E-state index in [4.69, 9.17) is 9.51 Å². The van der Waals surface area contributed by atoms with Gasteiger partial charge in [0.05, 0.1) is 11.7 Å². The Morgan fingerprint density at radius 1 is 1.00 bits per heavy atom. The topological polar surface area (TPSA) is 75.4 Å². The SMILES string of the molecule is Cc1ccc(-c2nc(C)c(C(=O)N3CCN(C(C)c4nc(-c5ccccc5)no4)CC3)s2)c(C)c1. The van der Waals surface area contributed by atoms with Crippen LogP contribution in [0.1, 0.15) is 45.3 Å². The molecule has 180 valence electrons. The summed E-state index contributed by atoms with van der Waals surface area (Å²) in [5.41, 5.74) is 5.22. The van der Waals surface area contributed by atoms with Crippen molar-refractivity contribution in [2.24, 2.45) is 0 Å². The van der Waals surface area contributed by atoms with E-state index < -0.39 is 0 Å². The van der Waals surface area contributed by atoms with Gasteiger partial charge in [-0.1, -0.05) is 59.3 Å². The molecular formula is C27H29N5O2S. The number of amides is 1. The molecule has 7 nitrogen and oxygen atoms in total. The van der Waals surface area contributed by atoms with Crippen LogP contribution in [0.25, 0.3) is 22.0 Å². The van der Waals surface area contributed by atoms with Gasteiger partial charge >= 0.3 is 0 Å². The highest BCUT2D eigenvalue weighted by molar-refractivity contribution is 7.17. The van der Waals surface area contributed by atoms with Gasteiger partial charge in [0.15, 0.2) is 0 Å². The Hall–Kier alpha value is -3.36. The molecule has 0 radical (unpaired) electrons. The number of benzene rings is 2. The first kappa shape index (κ1) is 23.4. The molecule has 1 aliphatic rings. The maximum absolute atomic E-state index is 13.3. The fraction of sp³-hybridized carbons (Fsp3) is 0.333. The molecule has 0 bridgehead atoms. The number of aromatic nitrogens is 3. The van der Waals surface area contributed by atoms with Gasteiger partial charge in [-0.15, -0.1) is 11.3 Å². The van der Waals surface area contributed by atoms with Crippen LogP contribution in [0, 0.1) is 20.8 Å². The number of thiazole rings is 1. The number of carbonyl (C=O) groups excluding carboxylic acids is 1. The summed E-state index contributed by atoms with van der Waals surface area (Å²) in [5.74, 6) is 1.26. The van der Waals surface area contributed by atoms with Crippen molar-refractivity contribution in [2.75, 3.05) is 26.2 Å². The highest BCUT2D eigenvalue weighted by atomic mass is 32.1. The predicted octanol–water partition coefficient (Wildman–Crippen LogP) is 5.30.